The number of hydrogen-bond acceptors (Lipinski definition) is 6. The Labute approximate surface area is 91.0 Å². The van der Waals surface area contributed by atoms with E-state index in [1.165, 1.54) is 6.92 Å². The molecule has 0 aliphatic rings. The Kier molecular flexibility index (Phi) is 5.57. The van der Waals surface area contributed by atoms with Crippen molar-refractivity contribution in [2.45, 2.75) is 31.3 Å². The van der Waals surface area contributed by atoms with E-state index < -0.39 is 30.3 Å². The third-order valence-corrected chi connectivity index (χ3v) is 1.77. The lowest BCUT2D eigenvalue weighted by Crippen LogP contribution is -2.47. The molecule has 0 fully saturated rings. The lowest BCUT2D eigenvalue weighted by atomic mass is 10.0. The molecule has 0 rings (SSSR count). The largest absolute Gasteiger partial charge is 0.479 e. The van der Waals surface area contributed by atoms with E-state index in [1.54, 1.807) is 0 Å². The summed E-state index contributed by atoms with van der Waals surface area (Å²) in [5.41, 5.74) is 5.18. The van der Waals surface area contributed by atoms with Gasteiger partial charge in [0.1, 0.15) is 18.2 Å². The van der Waals surface area contributed by atoms with Crippen LogP contribution in [0.15, 0.2) is 4.99 Å². The molecule has 16 heavy (non-hydrogen) atoms. The highest BCUT2D eigenvalue weighted by Crippen LogP contribution is 2.09. The molecule has 0 heterocycles. The molecule has 0 saturated heterocycles. The number of nitrogens with two attached hydrogens (primary N) is 1. The van der Waals surface area contributed by atoms with Crippen molar-refractivity contribution < 1.29 is 30.0 Å². The Morgan fingerprint density at radius 3 is 2.19 bits per heavy atom. The van der Waals surface area contributed by atoms with Gasteiger partial charge >= 0.3 is 5.97 Å². The fraction of sp³-hybridized carbons (Fsp3) is 0.625. The highest BCUT2D eigenvalue weighted by molar-refractivity contribution is 5.78. The topological polar surface area (TPSA) is 153 Å². The second-order valence-corrected chi connectivity index (χ2v) is 3.16. The van der Waals surface area contributed by atoms with Gasteiger partial charge in [-0.05, 0) is 6.92 Å². The molecule has 4 atom stereocenters. The van der Waals surface area contributed by atoms with Crippen molar-refractivity contribution in [1.82, 2.24) is 0 Å². The van der Waals surface area contributed by atoms with E-state index in [-0.39, 0.29) is 12.1 Å². The Hall–Kier alpha value is -1.51. The van der Waals surface area contributed by atoms with Crippen molar-refractivity contribution in [1.29, 1.82) is 0 Å². The predicted octanol–water partition coefficient (Wildman–Crippen LogP) is -2.90. The van der Waals surface area contributed by atoms with Gasteiger partial charge in [-0.25, -0.2) is 4.79 Å². The molecule has 6 N–H and O–H groups in total. The fourth-order valence-electron chi connectivity index (χ4n) is 1.00. The number of amidine groups is 1. The first kappa shape index (κ1) is 14.5. The van der Waals surface area contributed by atoms with Crippen LogP contribution < -0.4 is 5.73 Å². The van der Waals surface area contributed by atoms with Crippen molar-refractivity contribution in [3.8, 4) is 0 Å². The third kappa shape index (κ3) is 3.93. The van der Waals surface area contributed by atoms with Crippen LogP contribution in [0.5, 0.6) is 0 Å². The van der Waals surface area contributed by atoms with E-state index in [0.29, 0.717) is 0 Å². The fourth-order valence-corrected chi connectivity index (χ4v) is 1.00. The summed E-state index contributed by atoms with van der Waals surface area (Å²) in [7, 11) is 0. The number of hydrogen-bond donors (Lipinski definition) is 5. The average molecular weight is 234 g/mol. The summed E-state index contributed by atoms with van der Waals surface area (Å²) < 4.78 is 0. The number of aldehydes is 1. The smallest absolute Gasteiger partial charge is 0.335 e. The Balaban J connectivity index is 4.96. The van der Waals surface area contributed by atoms with Gasteiger partial charge in [0, 0.05) is 0 Å². The molecule has 0 aliphatic heterocycles. The lowest BCUT2D eigenvalue weighted by Gasteiger charge is -2.23. The molecule has 8 nitrogen and oxygen atoms in total. The van der Waals surface area contributed by atoms with Gasteiger partial charge < -0.3 is 31.0 Å². The van der Waals surface area contributed by atoms with Gasteiger partial charge in [-0.1, -0.05) is 0 Å². The van der Waals surface area contributed by atoms with Crippen LogP contribution in [0.25, 0.3) is 0 Å². The molecule has 0 amide bonds. The van der Waals surface area contributed by atoms with Gasteiger partial charge in [0.2, 0.25) is 0 Å². The molecule has 0 unspecified atom stereocenters. The lowest BCUT2D eigenvalue weighted by molar-refractivity contribution is -0.155. The Morgan fingerprint density at radius 2 is 1.88 bits per heavy atom. The highest BCUT2D eigenvalue weighted by atomic mass is 16.4. The van der Waals surface area contributed by atoms with Crippen LogP contribution in [0.4, 0.5) is 0 Å². The minimum atomic E-state index is -2.16. The number of carboxylic acids is 1. The molecule has 0 aliphatic carbocycles. The maximum absolute atomic E-state index is 10.4. The standard InChI is InChI=1S/C8H14N2O6/c1-3(9)10-5(4(12)2-11)6(13)7(14)8(15)16/h2,4-7,12-14H,1H3,(H2,9,10)(H,15,16)/t4-,5+,6-,7-/m0/s1. The number of carbonyl (C=O) groups excluding carboxylic acids is 1. The third-order valence-electron chi connectivity index (χ3n) is 1.77. The number of nitrogens with zero attached hydrogens (tertiary/aromatic N) is 1. The van der Waals surface area contributed by atoms with Gasteiger partial charge in [-0.3, -0.25) is 4.99 Å². The number of rotatable bonds is 6. The van der Waals surface area contributed by atoms with E-state index in [0.717, 1.165) is 0 Å². The molecule has 0 aromatic rings. The van der Waals surface area contributed by atoms with Crippen LogP contribution in [-0.4, -0.2) is 62.9 Å². The van der Waals surface area contributed by atoms with Gasteiger partial charge in [-0.15, -0.1) is 0 Å². The molecular formula is C8H14N2O6. The average Bonchev–Trinajstić information content (AvgIpc) is 2.22. The second-order valence-electron chi connectivity index (χ2n) is 3.16. The number of aliphatic carboxylic acids is 1. The van der Waals surface area contributed by atoms with Crippen LogP contribution in [0.1, 0.15) is 6.92 Å². The molecule has 0 aromatic carbocycles. The van der Waals surface area contributed by atoms with Crippen LogP contribution in [0, 0.1) is 0 Å². The first-order valence-corrected chi connectivity index (χ1v) is 4.33. The number of aliphatic hydroxyl groups excluding tert-OH is 3. The van der Waals surface area contributed by atoms with E-state index in [9.17, 15) is 19.8 Å². The Morgan fingerprint density at radius 1 is 1.38 bits per heavy atom. The van der Waals surface area contributed by atoms with Crippen LogP contribution in [0.2, 0.25) is 0 Å². The van der Waals surface area contributed by atoms with E-state index >= 15 is 0 Å². The molecular weight excluding hydrogens is 220 g/mol. The molecule has 0 bridgehead atoms. The minimum Gasteiger partial charge on any atom is -0.479 e. The SMILES string of the molecule is CC(N)=N[C@@H]([C@H](O)[C@H](O)C(=O)O)[C@@H](O)C=O. The number of aliphatic hydroxyl groups is 3. The highest BCUT2D eigenvalue weighted by Gasteiger charge is 2.35. The maximum atomic E-state index is 10.4. The molecule has 0 radical (unpaired) electrons. The molecule has 0 aromatic heterocycles. The number of aliphatic imine (C=N–C) groups is 1. The first-order valence-electron chi connectivity index (χ1n) is 4.33. The number of carbonyl (C=O) groups is 2. The van der Waals surface area contributed by atoms with Crippen LogP contribution in [0.3, 0.4) is 0 Å². The summed E-state index contributed by atoms with van der Waals surface area (Å²) in [5, 5.41) is 36.0. The minimum absolute atomic E-state index is 0.0644. The molecule has 8 heteroatoms. The number of carboxylic acid groups (broad SMARTS) is 1. The summed E-state index contributed by atoms with van der Waals surface area (Å²) >= 11 is 0. The summed E-state index contributed by atoms with van der Waals surface area (Å²) in [6.07, 6.45) is -5.78. The van der Waals surface area contributed by atoms with Crippen molar-refractivity contribution in [3.05, 3.63) is 0 Å². The predicted molar refractivity (Wildman–Crippen MR) is 52.8 cm³/mol. The zero-order chi connectivity index (χ0) is 12.9. The molecule has 0 saturated carbocycles. The van der Waals surface area contributed by atoms with Crippen molar-refractivity contribution in [2.24, 2.45) is 10.7 Å². The summed E-state index contributed by atoms with van der Waals surface area (Å²) in [6.45, 7) is 1.32. The second kappa shape index (κ2) is 6.16. The quantitative estimate of drug-likeness (QED) is 0.187. The summed E-state index contributed by atoms with van der Waals surface area (Å²) in [5.74, 6) is -1.76. The normalized spacial score (nSPS) is 19.6. The van der Waals surface area contributed by atoms with Gasteiger partial charge in [0.25, 0.3) is 0 Å². The molecule has 0 spiro atoms. The van der Waals surface area contributed by atoms with E-state index in [2.05, 4.69) is 4.99 Å². The maximum Gasteiger partial charge on any atom is 0.335 e. The summed E-state index contributed by atoms with van der Waals surface area (Å²) in [6, 6.07) is -1.52. The molecule has 92 valence electrons. The van der Waals surface area contributed by atoms with E-state index in [4.69, 9.17) is 15.9 Å². The monoisotopic (exact) mass is 234 g/mol. The zero-order valence-electron chi connectivity index (χ0n) is 8.52. The summed E-state index contributed by atoms with van der Waals surface area (Å²) in [4.78, 5) is 24.2. The first-order chi connectivity index (χ1) is 7.31. The van der Waals surface area contributed by atoms with Crippen molar-refractivity contribution >= 4 is 18.1 Å². The van der Waals surface area contributed by atoms with Gasteiger partial charge in [-0.2, -0.15) is 0 Å². The zero-order valence-corrected chi connectivity index (χ0v) is 8.52. The van der Waals surface area contributed by atoms with Crippen LogP contribution in [-0.2, 0) is 9.59 Å². The van der Waals surface area contributed by atoms with Crippen LogP contribution >= 0.6 is 0 Å². The van der Waals surface area contributed by atoms with Crippen molar-refractivity contribution in [3.63, 3.8) is 0 Å². The van der Waals surface area contributed by atoms with Gasteiger partial charge in [0.05, 0.1) is 5.84 Å². The Bertz CT molecular complexity index is 288. The van der Waals surface area contributed by atoms with Crippen molar-refractivity contribution in [2.75, 3.05) is 0 Å². The van der Waals surface area contributed by atoms with Gasteiger partial charge in [0.15, 0.2) is 12.4 Å². The van der Waals surface area contributed by atoms with E-state index in [1.807, 2.05) is 0 Å².